The molecule has 112 valence electrons. The molecule has 1 aliphatic carbocycles. The molecule has 1 aromatic carbocycles. The second-order valence-corrected chi connectivity index (χ2v) is 6.29. The molecule has 2 atom stereocenters. The van der Waals surface area contributed by atoms with Gasteiger partial charge in [0.2, 0.25) is 0 Å². The maximum absolute atomic E-state index is 13.1. The molecule has 0 saturated heterocycles. The SMILES string of the molecule is CC1CCCC(NCCN(C)Cc2cccc(F)c2)C1. The Balaban J connectivity index is 1.66. The van der Waals surface area contributed by atoms with Crippen LogP contribution >= 0.6 is 0 Å². The van der Waals surface area contributed by atoms with E-state index in [1.807, 2.05) is 6.07 Å². The van der Waals surface area contributed by atoms with Crippen LogP contribution in [0, 0.1) is 11.7 Å². The van der Waals surface area contributed by atoms with Gasteiger partial charge in [-0.1, -0.05) is 31.9 Å². The summed E-state index contributed by atoms with van der Waals surface area (Å²) in [6.07, 6.45) is 5.38. The summed E-state index contributed by atoms with van der Waals surface area (Å²) in [5.41, 5.74) is 1.04. The minimum atomic E-state index is -0.148. The van der Waals surface area contributed by atoms with E-state index in [-0.39, 0.29) is 5.82 Å². The Morgan fingerprint density at radius 2 is 2.20 bits per heavy atom. The first-order chi connectivity index (χ1) is 9.63. The van der Waals surface area contributed by atoms with E-state index < -0.39 is 0 Å². The molecule has 20 heavy (non-hydrogen) atoms. The zero-order valence-electron chi connectivity index (χ0n) is 12.7. The highest BCUT2D eigenvalue weighted by Gasteiger charge is 2.17. The largest absolute Gasteiger partial charge is 0.313 e. The summed E-state index contributed by atoms with van der Waals surface area (Å²) in [5, 5.41) is 3.66. The van der Waals surface area contributed by atoms with E-state index in [9.17, 15) is 4.39 Å². The molecule has 0 amide bonds. The summed E-state index contributed by atoms with van der Waals surface area (Å²) in [6, 6.07) is 7.57. The molecule has 1 aliphatic rings. The molecule has 2 unspecified atom stereocenters. The molecule has 0 aliphatic heterocycles. The summed E-state index contributed by atoms with van der Waals surface area (Å²) in [5.74, 6) is 0.719. The third-order valence-electron chi connectivity index (χ3n) is 4.20. The summed E-state index contributed by atoms with van der Waals surface area (Å²) in [4.78, 5) is 2.24. The van der Waals surface area contributed by atoms with Crippen LogP contribution in [0.15, 0.2) is 24.3 Å². The van der Waals surface area contributed by atoms with E-state index in [1.165, 1.54) is 31.7 Å². The lowest BCUT2D eigenvalue weighted by Crippen LogP contribution is -2.38. The van der Waals surface area contributed by atoms with Gasteiger partial charge in [-0.05, 0) is 43.5 Å². The molecular weight excluding hydrogens is 251 g/mol. The summed E-state index contributed by atoms with van der Waals surface area (Å²) in [7, 11) is 2.09. The molecule has 2 nitrogen and oxygen atoms in total. The predicted octanol–water partition coefficient (Wildman–Crippen LogP) is 3.43. The fourth-order valence-corrected chi connectivity index (χ4v) is 3.11. The Kier molecular flexibility index (Phi) is 5.99. The van der Waals surface area contributed by atoms with Crippen LogP contribution in [0.3, 0.4) is 0 Å². The molecule has 0 bridgehead atoms. The molecule has 0 spiro atoms. The van der Waals surface area contributed by atoms with Crippen molar-refractivity contribution in [1.29, 1.82) is 0 Å². The Morgan fingerprint density at radius 3 is 2.95 bits per heavy atom. The van der Waals surface area contributed by atoms with E-state index in [0.717, 1.165) is 31.1 Å². The van der Waals surface area contributed by atoms with Crippen LogP contribution in [-0.4, -0.2) is 31.1 Å². The lowest BCUT2D eigenvalue weighted by atomic mass is 9.87. The van der Waals surface area contributed by atoms with Crippen molar-refractivity contribution < 1.29 is 4.39 Å². The molecule has 1 aromatic rings. The van der Waals surface area contributed by atoms with Crippen LogP contribution in [0.4, 0.5) is 4.39 Å². The maximum atomic E-state index is 13.1. The van der Waals surface area contributed by atoms with Gasteiger partial charge in [-0.2, -0.15) is 0 Å². The fraction of sp³-hybridized carbons (Fsp3) is 0.647. The zero-order valence-corrected chi connectivity index (χ0v) is 12.7. The quantitative estimate of drug-likeness (QED) is 0.857. The Hall–Kier alpha value is -0.930. The van der Waals surface area contributed by atoms with Crippen LogP contribution in [0.2, 0.25) is 0 Å². The van der Waals surface area contributed by atoms with Crippen molar-refractivity contribution in [2.24, 2.45) is 5.92 Å². The van der Waals surface area contributed by atoms with Gasteiger partial charge in [0.15, 0.2) is 0 Å². The van der Waals surface area contributed by atoms with Crippen LogP contribution in [0.5, 0.6) is 0 Å². The van der Waals surface area contributed by atoms with Crippen molar-refractivity contribution >= 4 is 0 Å². The van der Waals surface area contributed by atoms with E-state index in [1.54, 1.807) is 12.1 Å². The van der Waals surface area contributed by atoms with Gasteiger partial charge in [0.1, 0.15) is 5.82 Å². The van der Waals surface area contributed by atoms with E-state index >= 15 is 0 Å². The fourth-order valence-electron chi connectivity index (χ4n) is 3.11. The van der Waals surface area contributed by atoms with Crippen LogP contribution < -0.4 is 5.32 Å². The van der Waals surface area contributed by atoms with Gasteiger partial charge >= 0.3 is 0 Å². The standard InChI is InChI=1S/C17H27FN2/c1-14-5-3-8-17(11-14)19-9-10-20(2)13-15-6-4-7-16(18)12-15/h4,6-7,12,14,17,19H,3,5,8-11,13H2,1-2H3. The summed E-state index contributed by atoms with van der Waals surface area (Å²) in [6.45, 7) is 5.18. The van der Waals surface area contributed by atoms with Crippen molar-refractivity contribution in [2.75, 3.05) is 20.1 Å². The lowest BCUT2D eigenvalue weighted by Gasteiger charge is -2.28. The molecule has 3 heteroatoms. The second-order valence-electron chi connectivity index (χ2n) is 6.29. The molecule has 1 saturated carbocycles. The first kappa shape index (κ1) is 15.5. The van der Waals surface area contributed by atoms with E-state index in [4.69, 9.17) is 0 Å². The van der Waals surface area contributed by atoms with Gasteiger partial charge < -0.3 is 10.2 Å². The number of benzene rings is 1. The first-order valence-electron chi connectivity index (χ1n) is 7.80. The number of rotatable bonds is 6. The number of nitrogens with zero attached hydrogens (tertiary/aromatic N) is 1. The third-order valence-corrected chi connectivity index (χ3v) is 4.20. The number of hydrogen-bond acceptors (Lipinski definition) is 2. The van der Waals surface area contributed by atoms with E-state index in [2.05, 4.69) is 24.2 Å². The zero-order chi connectivity index (χ0) is 14.4. The number of likely N-dealkylation sites (N-methyl/N-ethyl adjacent to an activating group) is 1. The Labute approximate surface area is 122 Å². The third kappa shape index (κ3) is 5.22. The van der Waals surface area contributed by atoms with Crippen molar-refractivity contribution in [3.63, 3.8) is 0 Å². The number of hydrogen-bond donors (Lipinski definition) is 1. The highest BCUT2D eigenvalue weighted by atomic mass is 19.1. The molecule has 1 fully saturated rings. The van der Waals surface area contributed by atoms with Gasteiger partial charge in [0, 0.05) is 25.7 Å². The smallest absolute Gasteiger partial charge is 0.123 e. The van der Waals surface area contributed by atoms with Crippen molar-refractivity contribution in [2.45, 2.75) is 45.2 Å². The number of nitrogens with one attached hydrogen (secondary N) is 1. The van der Waals surface area contributed by atoms with Gasteiger partial charge in [0.25, 0.3) is 0 Å². The summed E-state index contributed by atoms with van der Waals surface area (Å²) < 4.78 is 13.1. The van der Waals surface area contributed by atoms with Crippen LogP contribution in [0.25, 0.3) is 0 Å². The van der Waals surface area contributed by atoms with Crippen molar-refractivity contribution in [1.82, 2.24) is 10.2 Å². The molecule has 1 N–H and O–H groups in total. The highest BCUT2D eigenvalue weighted by Crippen LogP contribution is 2.23. The van der Waals surface area contributed by atoms with Crippen LogP contribution in [-0.2, 0) is 6.54 Å². The monoisotopic (exact) mass is 278 g/mol. The van der Waals surface area contributed by atoms with Crippen molar-refractivity contribution in [3.8, 4) is 0 Å². The highest BCUT2D eigenvalue weighted by molar-refractivity contribution is 5.15. The van der Waals surface area contributed by atoms with Gasteiger partial charge in [-0.25, -0.2) is 4.39 Å². The normalized spacial score (nSPS) is 23.2. The average Bonchev–Trinajstić information content (AvgIpc) is 2.38. The van der Waals surface area contributed by atoms with Gasteiger partial charge in [0.05, 0.1) is 0 Å². The second kappa shape index (κ2) is 7.75. The van der Waals surface area contributed by atoms with Gasteiger partial charge in [-0.3, -0.25) is 0 Å². The van der Waals surface area contributed by atoms with Crippen LogP contribution in [0.1, 0.15) is 38.2 Å². The van der Waals surface area contributed by atoms with E-state index in [0.29, 0.717) is 6.04 Å². The minimum Gasteiger partial charge on any atom is -0.313 e. The maximum Gasteiger partial charge on any atom is 0.123 e. The molecule has 0 aromatic heterocycles. The number of halogens is 1. The van der Waals surface area contributed by atoms with Gasteiger partial charge in [-0.15, -0.1) is 0 Å². The average molecular weight is 278 g/mol. The minimum absolute atomic E-state index is 0.148. The molecule has 2 rings (SSSR count). The first-order valence-corrected chi connectivity index (χ1v) is 7.80. The Morgan fingerprint density at radius 1 is 1.35 bits per heavy atom. The molecule has 0 heterocycles. The Bertz CT molecular complexity index is 408. The predicted molar refractivity (Wildman–Crippen MR) is 82.2 cm³/mol. The topological polar surface area (TPSA) is 15.3 Å². The summed E-state index contributed by atoms with van der Waals surface area (Å²) >= 11 is 0. The molecule has 0 radical (unpaired) electrons. The van der Waals surface area contributed by atoms with Crippen molar-refractivity contribution in [3.05, 3.63) is 35.6 Å². The lowest BCUT2D eigenvalue weighted by molar-refractivity contribution is 0.274. The molecular formula is C17H27FN2.